The Balaban J connectivity index is 2.33. The van der Waals surface area contributed by atoms with Gasteiger partial charge in [0.2, 0.25) is 0 Å². The predicted molar refractivity (Wildman–Crippen MR) is 49.2 cm³/mol. The summed E-state index contributed by atoms with van der Waals surface area (Å²) in [5.41, 5.74) is 0. The largest absolute Gasteiger partial charge is 0.314 e. The van der Waals surface area contributed by atoms with E-state index in [1.165, 1.54) is 0 Å². The van der Waals surface area contributed by atoms with Crippen LogP contribution in [0.3, 0.4) is 0 Å². The Bertz CT molecular complexity index is 243. The molecule has 1 rings (SSSR count). The van der Waals surface area contributed by atoms with Crippen molar-refractivity contribution < 1.29 is 0 Å². The first-order valence-corrected chi connectivity index (χ1v) is 4.44. The van der Waals surface area contributed by atoms with E-state index >= 15 is 0 Å². The maximum absolute atomic E-state index is 3.91. The summed E-state index contributed by atoms with van der Waals surface area (Å²) in [7, 11) is 0. The lowest BCUT2D eigenvalue weighted by molar-refractivity contribution is 0.574. The van der Waals surface area contributed by atoms with Crippen molar-refractivity contribution in [1.82, 2.24) is 25.7 Å². The molecule has 0 spiro atoms. The molecule has 0 aromatic carbocycles. The van der Waals surface area contributed by atoms with Crippen molar-refractivity contribution in [3.8, 4) is 0 Å². The van der Waals surface area contributed by atoms with Gasteiger partial charge in [0.25, 0.3) is 0 Å². The Morgan fingerprint density at radius 2 is 1.77 bits per heavy atom. The van der Waals surface area contributed by atoms with E-state index in [1.54, 1.807) is 6.92 Å². The maximum Gasteiger partial charge on any atom is 0.174 e. The molecule has 0 atom stereocenters. The van der Waals surface area contributed by atoms with Gasteiger partial charge in [-0.05, 0) is 6.92 Å². The quantitative estimate of drug-likeness (QED) is 0.714. The van der Waals surface area contributed by atoms with Gasteiger partial charge in [0.05, 0.1) is 0 Å². The maximum atomic E-state index is 3.91. The molecule has 72 valence electrons. The SMILES string of the molecule is Cc1nnc(CCNC(C)C)nn1. The molecule has 13 heavy (non-hydrogen) atoms. The summed E-state index contributed by atoms with van der Waals surface area (Å²) in [4.78, 5) is 0. The highest BCUT2D eigenvalue weighted by Gasteiger charge is 1.98. The minimum Gasteiger partial charge on any atom is -0.314 e. The summed E-state index contributed by atoms with van der Waals surface area (Å²) in [5, 5.41) is 18.7. The third-order valence-electron chi connectivity index (χ3n) is 1.52. The van der Waals surface area contributed by atoms with E-state index < -0.39 is 0 Å². The van der Waals surface area contributed by atoms with Gasteiger partial charge in [-0.1, -0.05) is 13.8 Å². The average molecular weight is 181 g/mol. The van der Waals surface area contributed by atoms with E-state index in [1.807, 2.05) is 0 Å². The molecule has 1 N–H and O–H groups in total. The molecular formula is C8H15N5. The predicted octanol–water partition coefficient (Wildman–Crippen LogP) is 0.116. The van der Waals surface area contributed by atoms with Crippen molar-refractivity contribution in [1.29, 1.82) is 0 Å². The zero-order chi connectivity index (χ0) is 9.68. The Hall–Kier alpha value is -1.10. The molecule has 5 heteroatoms. The molecule has 0 amide bonds. The monoisotopic (exact) mass is 181 g/mol. The zero-order valence-corrected chi connectivity index (χ0v) is 8.28. The molecule has 0 unspecified atom stereocenters. The van der Waals surface area contributed by atoms with Crippen LogP contribution in [0.1, 0.15) is 25.5 Å². The number of nitrogens with zero attached hydrogens (tertiary/aromatic N) is 4. The molecule has 0 saturated heterocycles. The summed E-state index contributed by atoms with van der Waals surface area (Å²) in [6, 6.07) is 0.492. The number of rotatable bonds is 4. The molecule has 1 heterocycles. The van der Waals surface area contributed by atoms with Crippen molar-refractivity contribution in [2.75, 3.05) is 6.54 Å². The van der Waals surface area contributed by atoms with Crippen LogP contribution >= 0.6 is 0 Å². The average Bonchev–Trinajstić information content (AvgIpc) is 2.08. The first-order chi connectivity index (χ1) is 6.18. The van der Waals surface area contributed by atoms with Gasteiger partial charge in [0, 0.05) is 19.0 Å². The zero-order valence-electron chi connectivity index (χ0n) is 8.28. The molecule has 5 nitrogen and oxygen atoms in total. The minimum absolute atomic E-state index is 0.492. The highest BCUT2D eigenvalue weighted by molar-refractivity contribution is 4.81. The highest BCUT2D eigenvalue weighted by Crippen LogP contribution is 1.86. The third kappa shape index (κ3) is 3.89. The van der Waals surface area contributed by atoms with Gasteiger partial charge in [-0.2, -0.15) is 0 Å². The van der Waals surface area contributed by atoms with Crippen LogP contribution in [0.25, 0.3) is 0 Å². The molecule has 0 radical (unpaired) electrons. The summed E-state index contributed by atoms with van der Waals surface area (Å²) >= 11 is 0. The van der Waals surface area contributed by atoms with E-state index in [0.717, 1.165) is 13.0 Å². The first-order valence-electron chi connectivity index (χ1n) is 4.44. The fourth-order valence-corrected chi connectivity index (χ4v) is 0.873. The molecule has 1 aromatic rings. The Kier molecular flexibility index (Phi) is 3.70. The number of nitrogens with one attached hydrogen (secondary N) is 1. The fourth-order valence-electron chi connectivity index (χ4n) is 0.873. The highest BCUT2D eigenvalue weighted by atomic mass is 15.3. The van der Waals surface area contributed by atoms with Gasteiger partial charge in [0.1, 0.15) is 0 Å². The summed E-state index contributed by atoms with van der Waals surface area (Å²) in [5.74, 6) is 1.30. The lowest BCUT2D eigenvalue weighted by atomic mass is 10.3. The Morgan fingerprint density at radius 1 is 1.15 bits per heavy atom. The second kappa shape index (κ2) is 4.81. The van der Waals surface area contributed by atoms with Crippen molar-refractivity contribution in [2.45, 2.75) is 33.2 Å². The van der Waals surface area contributed by atoms with Crippen molar-refractivity contribution in [2.24, 2.45) is 0 Å². The van der Waals surface area contributed by atoms with Crippen LogP contribution in [0.2, 0.25) is 0 Å². The van der Waals surface area contributed by atoms with Crippen LogP contribution in [-0.4, -0.2) is 33.0 Å². The normalized spacial score (nSPS) is 10.8. The molecule has 0 aliphatic heterocycles. The number of aryl methyl sites for hydroxylation is 1. The second-order valence-electron chi connectivity index (χ2n) is 3.22. The third-order valence-corrected chi connectivity index (χ3v) is 1.52. The van der Waals surface area contributed by atoms with Crippen LogP contribution in [0.4, 0.5) is 0 Å². The van der Waals surface area contributed by atoms with E-state index in [-0.39, 0.29) is 0 Å². The Labute approximate surface area is 78.0 Å². The van der Waals surface area contributed by atoms with Crippen LogP contribution in [0.5, 0.6) is 0 Å². The van der Waals surface area contributed by atoms with Crippen molar-refractivity contribution in [3.05, 3.63) is 11.6 Å². The standard InChI is InChI=1S/C8H15N5/c1-6(2)9-5-4-8-12-10-7(3)11-13-8/h6,9H,4-5H2,1-3H3. The molecule has 0 aliphatic carbocycles. The van der Waals surface area contributed by atoms with E-state index in [9.17, 15) is 0 Å². The van der Waals surface area contributed by atoms with Gasteiger partial charge in [0.15, 0.2) is 11.6 Å². The second-order valence-corrected chi connectivity index (χ2v) is 3.22. The van der Waals surface area contributed by atoms with Crippen LogP contribution in [0, 0.1) is 6.92 Å². The van der Waals surface area contributed by atoms with E-state index in [4.69, 9.17) is 0 Å². The molecule has 0 bridgehead atoms. The minimum atomic E-state index is 0.492. The number of aromatic nitrogens is 4. The smallest absolute Gasteiger partial charge is 0.174 e. The van der Waals surface area contributed by atoms with Gasteiger partial charge in [-0.25, -0.2) is 0 Å². The van der Waals surface area contributed by atoms with Gasteiger partial charge >= 0.3 is 0 Å². The lowest BCUT2D eigenvalue weighted by Gasteiger charge is -2.05. The topological polar surface area (TPSA) is 63.6 Å². The van der Waals surface area contributed by atoms with Gasteiger partial charge in [-0.3, -0.25) is 0 Å². The van der Waals surface area contributed by atoms with E-state index in [0.29, 0.717) is 17.7 Å². The Morgan fingerprint density at radius 3 is 2.31 bits per heavy atom. The lowest BCUT2D eigenvalue weighted by Crippen LogP contribution is -2.25. The van der Waals surface area contributed by atoms with Crippen molar-refractivity contribution >= 4 is 0 Å². The molecule has 0 saturated carbocycles. The van der Waals surface area contributed by atoms with E-state index in [2.05, 4.69) is 39.6 Å². The number of hydrogen-bond donors (Lipinski definition) is 1. The molecular weight excluding hydrogens is 166 g/mol. The summed E-state index contributed by atoms with van der Waals surface area (Å²) in [6.45, 7) is 6.85. The fraction of sp³-hybridized carbons (Fsp3) is 0.750. The molecule has 0 fully saturated rings. The summed E-state index contributed by atoms with van der Waals surface area (Å²) in [6.07, 6.45) is 0.776. The van der Waals surface area contributed by atoms with Crippen LogP contribution in [-0.2, 0) is 6.42 Å². The first kappa shape index (κ1) is 9.98. The summed E-state index contributed by atoms with van der Waals surface area (Å²) < 4.78 is 0. The van der Waals surface area contributed by atoms with Crippen molar-refractivity contribution in [3.63, 3.8) is 0 Å². The van der Waals surface area contributed by atoms with Crippen LogP contribution < -0.4 is 5.32 Å². The van der Waals surface area contributed by atoms with Gasteiger partial charge < -0.3 is 5.32 Å². The van der Waals surface area contributed by atoms with Gasteiger partial charge in [-0.15, -0.1) is 20.4 Å². The van der Waals surface area contributed by atoms with Crippen LogP contribution in [0.15, 0.2) is 0 Å². The molecule has 0 aliphatic rings. The number of hydrogen-bond acceptors (Lipinski definition) is 5. The molecule has 1 aromatic heterocycles.